The predicted molar refractivity (Wildman–Crippen MR) is 68.0 cm³/mol. The Bertz CT molecular complexity index is 534. The highest BCUT2D eigenvalue weighted by atomic mass is 16.5. The Hall–Kier alpha value is -2.30. The number of esters is 1. The molecule has 18 heavy (non-hydrogen) atoms. The number of carbonyl (C=O) groups excluding carboxylic acids is 1. The number of anilines is 1. The molecule has 2 aromatic heterocycles. The second kappa shape index (κ2) is 5.35. The first-order valence-corrected chi connectivity index (χ1v) is 5.65. The number of nitrogens with two attached hydrogens (primary N) is 1. The maximum Gasteiger partial charge on any atom is 0.355 e. The van der Waals surface area contributed by atoms with Gasteiger partial charge in [0.15, 0.2) is 0 Å². The van der Waals surface area contributed by atoms with Crippen molar-refractivity contribution in [3.8, 4) is 0 Å². The van der Waals surface area contributed by atoms with E-state index in [2.05, 4.69) is 4.98 Å². The van der Waals surface area contributed by atoms with Gasteiger partial charge in [0, 0.05) is 31.6 Å². The number of aryl methyl sites for hydroxylation is 1. The summed E-state index contributed by atoms with van der Waals surface area (Å²) in [5.74, 6) is -0.370. The highest BCUT2D eigenvalue weighted by Gasteiger charge is 2.12. The normalized spacial score (nSPS) is 10.3. The summed E-state index contributed by atoms with van der Waals surface area (Å²) in [6.45, 7) is 0.306. The molecule has 2 heterocycles. The second-order valence-electron chi connectivity index (χ2n) is 3.98. The Labute approximate surface area is 105 Å². The molecule has 2 rings (SSSR count). The second-order valence-corrected chi connectivity index (χ2v) is 3.98. The van der Waals surface area contributed by atoms with Crippen molar-refractivity contribution in [2.45, 2.75) is 6.42 Å². The first-order valence-electron chi connectivity index (χ1n) is 5.65. The molecule has 0 unspecified atom stereocenters. The molecule has 5 nitrogen and oxygen atoms in total. The standard InChI is InChI=1S/C13H15N3O2/c1-16-9-10(14)8-12(16)13(17)18-7-5-11-4-2-3-6-15-11/h2-4,6,8-9H,5,7,14H2,1H3. The van der Waals surface area contributed by atoms with E-state index in [0.29, 0.717) is 24.4 Å². The third-order valence-electron chi connectivity index (χ3n) is 2.55. The van der Waals surface area contributed by atoms with Gasteiger partial charge in [0.05, 0.1) is 12.3 Å². The number of aromatic nitrogens is 2. The molecule has 0 saturated carbocycles. The van der Waals surface area contributed by atoms with Crippen molar-refractivity contribution in [2.75, 3.05) is 12.3 Å². The first-order chi connectivity index (χ1) is 8.66. The van der Waals surface area contributed by atoms with Gasteiger partial charge in [-0.25, -0.2) is 4.79 Å². The van der Waals surface area contributed by atoms with Crippen LogP contribution in [0.25, 0.3) is 0 Å². The van der Waals surface area contributed by atoms with Gasteiger partial charge < -0.3 is 15.0 Å². The molecule has 0 aromatic carbocycles. The number of nitrogen functional groups attached to an aromatic ring is 1. The van der Waals surface area contributed by atoms with Crippen LogP contribution in [0.3, 0.4) is 0 Å². The highest BCUT2D eigenvalue weighted by Crippen LogP contribution is 2.10. The van der Waals surface area contributed by atoms with Crippen LogP contribution < -0.4 is 5.73 Å². The fourth-order valence-electron chi connectivity index (χ4n) is 1.66. The number of hydrogen-bond donors (Lipinski definition) is 1. The SMILES string of the molecule is Cn1cc(N)cc1C(=O)OCCc1ccccn1. The Balaban J connectivity index is 1.87. The molecule has 0 radical (unpaired) electrons. The number of hydrogen-bond acceptors (Lipinski definition) is 4. The molecular formula is C13H15N3O2. The molecule has 0 aliphatic carbocycles. The Morgan fingerprint density at radius 2 is 2.33 bits per heavy atom. The summed E-state index contributed by atoms with van der Waals surface area (Å²) in [6.07, 6.45) is 4.00. The number of carbonyl (C=O) groups is 1. The van der Waals surface area contributed by atoms with Gasteiger partial charge in [0.1, 0.15) is 5.69 Å². The van der Waals surface area contributed by atoms with Crippen molar-refractivity contribution in [3.05, 3.63) is 48.0 Å². The van der Waals surface area contributed by atoms with Crippen LogP contribution in [-0.2, 0) is 18.2 Å². The van der Waals surface area contributed by atoms with Crippen molar-refractivity contribution >= 4 is 11.7 Å². The van der Waals surface area contributed by atoms with Crippen molar-refractivity contribution in [1.82, 2.24) is 9.55 Å². The van der Waals surface area contributed by atoms with E-state index in [1.165, 1.54) is 0 Å². The fourth-order valence-corrected chi connectivity index (χ4v) is 1.66. The zero-order valence-electron chi connectivity index (χ0n) is 10.2. The summed E-state index contributed by atoms with van der Waals surface area (Å²) < 4.78 is 6.82. The molecule has 0 saturated heterocycles. The minimum Gasteiger partial charge on any atom is -0.461 e. The largest absolute Gasteiger partial charge is 0.461 e. The van der Waals surface area contributed by atoms with Gasteiger partial charge in [0.25, 0.3) is 0 Å². The molecule has 5 heteroatoms. The number of pyridine rings is 1. The van der Waals surface area contributed by atoms with Gasteiger partial charge in [-0.3, -0.25) is 4.98 Å². The van der Waals surface area contributed by atoms with Crippen LogP contribution >= 0.6 is 0 Å². The first kappa shape index (κ1) is 12.2. The predicted octanol–water partition coefficient (Wildman–Crippen LogP) is 1.40. The van der Waals surface area contributed by atoms with E-state index in [4.69, 9.17) is 10.5 Å². The average Bonchev–Trinajstić information content (AvgIpc) is 2.70. The van der Waals surface area contributed by atoms with E-state index in [9.17, 15) is 4.79 Å². The van der Waals surface area contributed by atoms with Crippen molar-refractivity contribution in [1.29, 1.82) is 0 Å². The van der Waals surface area contributed by atoms with Gasteiger partial charge in [-0.15, -0.1) is 0 Å². The maximum atomic E-state index is 11.8. The number of nitrogens with zero attached hydrogens (tertiary/aromatic N) is 2. The molecule has 0 bridgehead atoms. The van der Waals surface area contributed by atoms with E-state index in [0.717, 1.165) is 5.69 Å². The summed E-state index contributed by atoms with van der Waals surface area (Å²) in [5, 5.41) is 0. The van der Waals surface area contributed by atoms with Crippen LogP contribution in [0.4, 0.5) is 5.69 Å². The minimum atomic E-state index is -0.370. The van der Waals surface area contributed by atoms with Gasteiger partial charge in [-0.05, 0) is 18.2 Å². The molecule has 0 fully saturated rings. The van der Waals surface area contributed by atoms with Crippen LogP contribution in [-0.4, -0.2) is 22.1 Å². The Morgan fingerprint density at radius 3 is 2.94 bits per heavy atom. The van der Waals surface area contributed by atoms with Crippen molar-refractivity contribution < 1.29 is 9.53 Å². The van der Waals surface area contributed by atoms with Crippen LogP contribution in [0.15, 0.2) is 36.7 Å². The summed E-state index contributed by atoms with van der Waals surface area (Å²) in [4.78, 5) is 15.9. The number of rotatable bonds is 4. The molecule has 0 atom stereocenters. The van der Waals surface area contributed by atoms with Crippen LogP contribution in [0.2, 0.25) is 0 Å². The molecule has 0 amide bonds. The quantitative estimate of drug-likeness (QED) is 0.827. The molecule has 94 valence electrons. The van der Waals surface area contributed by atoms with E-state index in [-0.39, 0.29) is 5.97 Å². The maximum absolute atomic E-state index is 11.8. The molecule has 2 N–H and O–H groups in total. The Morgan fingerprint density at radius 1 is 1.50 bits per heavy atom. The summed E-state index contributed by atoms with van der Waals surface area (Å²) in [7, 11) is 1.76. The van der Waals surface area contributed by atoms with Crippen molar-refractivity contribution in [3.63, 3.8) is 0 Å². The topological polar surface area (TPSA) is 70.1 Å². The van der Waals surface area contributed by atoms with Crippen molar-refractivity contribution in [2.24, 2.45) is 7.05 Å². The molecule has 0 aliphatic rings. The van der Waals surface area contributed by atoms with Gasteiger partial charge in [0.2, 0.25) is 0 Å². The highest BCUT2D eigenvalue weighted by molar-refractivity contribution is 5.89. The zero-order valence-corrected chi connectivity index (χ0v) is 10.2. The Kier molecular flexibility index (Phi) is 3.62. The molecule has 0 aliphatic heterocycles. The summed E-state index contributed by atoms with van der Waals surface area (Å²) >= 11 is 0. The molecule has 2 aromatic rings. The van der Waals surface area contributed by atoms with Gasteiger partial charge in [-0.2, -0.15) is 0 Å². The summed E-state index contributed by atoms with van der Waals surface area (Å²) in [5.41, 5.74) is 7.50. The number of ether oxygens (including phenoxy) is 1. The zero-order chi connectivity index (χ0) is 13.0. The molecule has 0 spiro atoms. The van der Waals surface area contributed by atoms with Crippen LogP contribution in [0, 0.1) is 0 Å². The van der Waals surface area contributed by atoms with Gasteiger partial charge in [-0.1, -0.05) is 6.07 Å². The lowest BCUT2D eigenvalue weighted by atomic mass is 10.3. The van der Waals surface area contributed by atoms with Crippen LogP contribution in [0.5, 0.6) is 0 Å². The van der Waals surface area contributed by atoms with E-state index in [1.807, 2.05) is 18.2 Å². The lowest BCUT2D eigenvalue weighted by molar-refractivity contribution is 0.0497. The smallest absolute Gasteiger partial charge is 0.355 e. The third kappa shape index (κ3) is 2.88. The van der Waals surface area contributed by atoms with E-state index >= 15 is 0 Å². The lowest BCUT2D eigenvalue weighted by Crippen LogP contribution is -2.11. The third-order valence-corrected chi connectivity index (χ3v) is 2.55. The fraction of sp³-hybridized carbons (Fsp3) is 0.231. The van der Waals surface area contributed by atoms with E-state index < -0.39 is 0 Å². The van der Waals surface area contributed by atoms with E-state index in [1.54, 1.807) is 30.1 Å². The summed E-state index contributed by atoms with van der Waals surface area (Å²) in [6, 6.07) is 7.25. The lowest BCUT2D eigenvalue weighted by Gasteiger charge is -2.05. The monoisotopic (exact) mass is 245 g/mol. The average molecular weight is 245 g/mol. The molecular weight excluding hydrogens is 230 g/mol. The minimum absolute atomic E-state index is 0.306. The van der Waals surface area contributed by atoms with Crippen LogP contribution in [0.1, 0.15) is 16.2 Å². The van der Waals surface area contributed by atoms with Gasteiger partial charge >= 0.3 is 5.97 Å².